The van der Waals surface area contributed by atoms with Gasteiger partial charge in [0.15, 0.2) is 0 Å². The summed E-state index contributed by atoms with van der Waals surface area (Å²) in [5.74, 6) is -0.539. The topological polar surface area (TPSA) is 29.5 Å². The maximum Gasteiger partial charge on any atom is 0.313 e. The van der Waals surface area contributed by atoms with Gasteiger partial charge in [-0.1, -0.05) is 23.8 Å². The average molecular weight is 308 g/mol. The number of hydrogen-bond donors (Lipinski definition) is 0. The fraction of sp³-hybridized carbons (Fsp3) is 0.471. The van der Waals surface area contributed by atoms with E-state index in [-0.39, 0.29) is 17.4 Å². The first-order valence-corrected chi connectivity index (χ1v) is 7.59. The summed E-state index contributed by atoms with van der Waals surface area (Å²) in [5, 5.41) is 0.665. The van der Waals surface area contributed by atoms with Crippen LogP contribution < -0.4 is 4.90 Å². The lowest BCUT2D eigenvalue weighted by molar-refractivity contribution is -0.144. The van der Waals surface area contributed by atoms with Gasteiger partial charge < -0.3 is 9.64 Å². The van der Waals surface area contributed by atoms with Crippen molar-refractivity contribution in [2.45, 2.75) is 39.2 Å². The molecule has 1 aliphatic rings. The zero-order valence-electron chi connectivity index (χ0n) is 13.2. The van der Waals surface area contributed by atoms with Gasteiger partial charge in [0, 0.05) is 7.05 Å². The Bertz CT molecular complexity index is 593. The number of nitrogens with zero attached hydrogens (tertiary/aromatic N) is 1. The molecule has 0 aliphatic carbocycles. The maximum absolute atomic E-state index is 11.9. The number of carbonyl (C=O) groups is 1. The van der Waals surface area contributed by atoms with Crippen LogP contribution in [0.2, 0.25) is 5.02 Å². The normalized spacial score (nSPS) is 17.3. The minimum Gasteiger partial charge on any atom is -0.466 e. The van der Waals surface area contributed by atoms with Crippen LogP contribution >= 0.6 is 11.6 Å². The fourth-order valence-corrected chi connectivity index (χ4v) is 2.83. The Kier molecular flexibility index (Phi) is 4.33. The number of anilines is 1. The molecule has 0 aromatic heterocycles. The molecule has 0 fully saturated rings. The van der Waals surface area contributed by atoms with Crippen LogP contribution in [0.4, 0.5) is 5.69 Å². The molecule has 3 nitrogen and oxygen atoms in total. The molecule has 0 saturated heterocycles. The number of ether oxygens (including phenoxy) is 1. The van der Waals surface area contributed by atoms with Crippen LogP contribution in [-0.2, 0) is 9.53 Å². The minimum atomic E-state index is -0.318. The molecule has 1 atom stereocenters. The summed E-state index contributed by atoms with van der Waals surface area (Å²) >= 11 is 6.47. The van der Waals surface area contributed by atoms with E-state index >= 15 is 0 Å². The van der Waals surface area contributed by atoms with Crippen molar-refractivity contribution < 1.29 is 9.53 Å². The summed E-state index contributed by atoms with van der Waals surface area (Å²) in [5.41, 5.74) is 2.85. The zero-order chi connectivity index (χ0) is 15.8. The lowest BCUT2D eigenvalue weighted by Gasteiger charge is -2.39. The number of hydrogen-bond acceptors (Lipinski definition) is 3. The van der Waals surface area contributed by atoms with Crippen LogP contribution in [0.1, 0.15) is 44.7 Å². The molecular formula is C17H22ClNO2. The molecule has 0 radical (unpaired) electrons. The molecule has 2 rings (SSSR count). The van der Waals surface area contributed by atoms with E-state index in [1.807, 2.05) is 33.0 Å². The van der Waals surface area contributed by atoms with Crippen molar-refractivity contribution in [3.63, 3.8) is 0 Å². The quantitative estimate of drug-likeness (QED) is 0.782. The predicted molar refractivity (Wildman–Crippen MR) is 88.0 cm³/mol. The molecule has 1 heterocycles. The number of carbonyl (C=O) groups excluding carboxylic acids is 1. The van der Waals surface area contributed by atoms with Gasteiger partial charge in [-0.05, 0) is 51.0 Å². The monoisotopic (exact) mass is 307 g/mol. The smallest absolute Gasteiger partial charge is 0.313 e. The highest BCUT2D eigenvalue weighted by atomic mass is 35.5. The Balaban J connectivity index is 2.43. The van der Waals surface area contributed by atoms with Crippen molar-refractivity contribution in [1.29, 1.82) is 0 Å². The second-order valence-electron chi connectivity index (χ2n) is 5.96. The highest BCUT2D eigenvalue weighted by Gasteiger charge is 2.29. The van der Waals surface area contributed by atoms with Crippen molar-refractivity contribution in [2.24, 2.45) is 0 Å². The largest absolute Gasteiger partial charge is 0.466 e. The molecule has 4 heteroatoms. The molecule has 0 saturated carbocycles. The van der Waals surface area contributed by atoms with E-state index in [4.69, 9.17) is 16.3 Å². The van der Waals surface area contributed by atoms with Crippen LogP contribution in [0.25, 0.3) is 6.08 Å². The molecule has 1 aliphatic heterocycles. The SMILES string of the molecule is CCOC(=O)C(C)c1cc(Cl)c2c(c1)C=CC(C)(C)N2C. The Hall–Kier alpha value is -1.48. The van der Waals surface area contributed by atoms with E-state index < -0.39 is 0 Å². The summed E-state index contributed by atoms with van der Waals surface area (Å²) in [6.07, 6.45) is 4.22. The van der Waals surface area contributed by atoms with Gasteiger partial charge in [-0.2, -0.15) is 0 Å². The van der Waals surface area contributed by atoms with Crippen LogP contribution in [0.5, 0.6) is 0 Å². The van der Waals surface area contributed by atoms with Gasteiger partial charge in [-0.3, -0.25) is 4.79 Å². The standard InChI is InChI=1S/C17H22ClNO2/c1-6-21-16(20)11(2)13-9-12-7-8-17(3,4)19(5)15(12)14(18)10-13/h7-11H,6H2,1-5H3. The van der Waals surface area contributed by atoms with Crippen molar-refractivity contribution >= 4 is 29.3 Å². The van der Waals surface area contributed by atoms with Gasteiger partial charge >= 0.3 is 5.97 Å². The van der Waals surface area contributed by atoms with Crippen molar-refractivity contribution in [1.82, 2.24) is 0 Å². The average Bonchev–Trinajstić information content (AvgIpc) is 2.42. The molecule has 21 heavy (non-hydrogen) atoms. The molecule has 1 aromatic carbocycles. The van der Waals surface area contributed by atoms with Gasteiger partial charge in [0.05, 0.1) is 28.8 Å². The number of likely N-dealkylation sites (N-methyl/N-ethyl adjacent to an activating group) is 1. The second kappa shape index (κ2) is 5.72. The first kappa shape index (κ1) is 15.9. The lowest BCUT2D eigenvalue weighted by atomic mass is 9.91. The van der Waals surface area contributed by atoms with E-state index in [0.717, 1.165) is 16.8 Å². The number of benzene rings is 1. The Labute approximate surface area is 131 Å². The molecule has 1 unspecified atom stereocenters. The first-order chi connectivity index (χ1) is 9.77. The molecule has 114 valence electrons. The number of halogens is 1. The van der Waals surface area contributed by atoms with Crippen molar-refractivity contribution in [3.05, 3.63) is 34.4 Å². The molecule has 1 aromatic rings. The Morgan fingerprint density at radius 1 is 1.43 bits per heavy atom. The van der Waals surface area contributed by atoms with E-state index in [1.54, 1.807) is 0 Å². The summed E-state index contributed by atoms with van der Waals surface area (Å²) in [6.45, 7) is 8.31. The number of rotatable bonds is 3. The fourth-order valence-electron chi connectivity index (χ4n) is 2.47. The van der Waals surface area contributed by atoms with Crippen molar-refractivity contribution in [2.75, 3.05) is 18.6 Å². The Morgan fingerprint density at radius 2 is 2.10 bits per heavy atom. The van der Waals surface area contributed by atoms with Crippen LogP contribution in [-0.4, -0.2) is 25.2 Å². The molecule has 0 bridgehead atoms. The van der Waals surface area contributed by atoms with E-state index in [0.29, 0.717) is 11.6 Å². The van der Waals surface area contributed by atoms with Crippen LogP contribution in [0, 0.1) is 0 Å². The molecule has 0 amide bonds. The highest BCUT2D eigenvalue weighted by molar-refractivity contribution is 6.33. The molecule has 0 spiro atoms. The van der Waals surface area contributed by atoms with Gasteiger partial charge in [0.25, 0.3) is 0 Å². The third-order valence-corrected chi connectivity index (χ3v) is 4.41. The zero-order valence-corrected chi connectivity index (χ0v) is 14.0. The number of esters is 1. The maximum atomic E-state index is 11.9. The minimum absolute atomic E-state index is 0.0785. The van der Waals surface area contributed by atoms with Gasteiger partial charge in [0.2, 0.25) is 0 Å². The van der Waals surface area contributed by atoms with Crippen molar-refractivity contribution in [3.8, 4) is 0 Å². The summed E-state index contributed by atoms with van der Waals surface area (Å²) < 4.78 is 5.09. The van der Waals surface area contributed by atoms with Gasteiger partial charge in [0.1, 0.15) is 0 Å². The summed E-state index contributed by atoms with van der Waals surface area (Å²) in [6, 6.07) is 3.89. The van der Waals surface area contributed by atoms with E-state index in [9.17, 15) is 4.79 Å². The van der Waals surface area contributed by atoms with Crippen LogP contribution in [0.3, 0.4) is 0 Å². The lowest BCUT2D eigenvalue weighted by Crippen LogP contribution is -2.41. The third-order valence-electron chi connectivity index (χ3n) is 4.13. The van der Waals surface area contributed by atoms with E-state index in [2.05, 4.69) is 30.9 Å². The van der Waals surface area contributed by atoms with Gasteiger partial charge in [-0.15, -0.1) is 0 Å². The summed E-state index contributed by atoms with van der Waals surface area (Å²) in [4.78, 5) is 14.1. The highest BCUT2D eigenvalue weighted by Crippen LogP contribution is 2.40. The first-order valence-electron chi connectivity index (χ1n) is 7.21. The number of fused-ring (bicyclic) bond motifs is 1. The summed E-state index contributed by atoms with van der Waals surface area (Å²) in [7, 11) is 2.03. The van der Waals surface area contributed by atoms with Crippen LogP contribution in [0.15, 0.2) is 18.2 Å². The van der Waals surface area contributed by atoms with Gasteiger partial charge in [-0.25, -0.2) is 0 Å². The Morgan fingerprint density at radius 3 is 2.71 bits per heavy atom. The second-order valence-corrected chi connectivity index (χ2v) is 6.37. The van der Waals surface area contributed by atoms with E-state index in [1.165, 1.54) is 0 Å². The predicted octanol–water partition coefficient (Wildman–Crippen LogP) is 4.25. The molecule has 0 N–H and O–H groups in total. The third kappa shape index (κ3) is 2.93. The molecular weight excluding hydrogens is 286 g/mol.